The van der Waals surface area contributed by atoms with E-state index in [1.54, 1.807) is 30.2 Å². The van der Waals surface area contributed by atoms with Crippen LogP contribution >= 0.6 is 23.2 Å². The molecule has 2 amide bonds. The molecule has 178 valence electrons. The lowest BCUT2D eigenvalue weighted by atomic mass is 10.0. The normalized spacial score (nSPS) is 13.7. The summed E-state index contributed by atoms with van der Waals surface area (Å²) >= 11 is 12.1. The third kappa shape index (κ3) is 5.54. The Hall–Kier alpha value is -3.03. The maximum atomic E-state index is 12.8. The zero-order valence-corrected chi connectivity index (χ0v) is 21.0. The average molecular weight is 500 g/mol. The number of piperazine rings is 1. The number of hydrogen-bond donors (Lipinski definition) is 1. The van der Waals surface area contributed by atoms with Crippen molar-refractivity contribution in [3.8, 4) is 5.75 Å². The molecule has 1 fully saturated rings. The molecular formula is C25H27Cl2N5O2. The largest absolute Gasteiger partial charge is 0.497 e. The summed E-state index contributed by atoms with van der Waals surface area (Å²) in [6.45, 7) is 6.42. The van der Waals surface area contributed by atoms with Crippen molar-refractivity contribution in [3.05, 3.63) is 75.2 Å². The summed E-state index contributed by atoms with van der Waals surface area (Å²) < 4.78 is 5.27. The number of nitrogens with zero attached hydrogens (tertiary/aromatic N) is 4. The number of nitrogens with one attached hydrogen (secondary N) is 1. The quantitative estimate of drug-likeness (QED) is 0.511. The van der Waals surface area contributed by atoms with Gasteiger partial charge < -0.3 is 19.9 Å². The van der Waals surface area contributed by atoms with Crippen molar-refractivity contribution in [2.45, 2.75) is 20.3 Å². The number of aromatic nitrogens is 2. The molecule has 0 aliphatic carbocycles. The zero-order valence-electron chi connectivity index (χ0n) is 19.4. The van der Waals surface area contributed by atoms with E-state index in [1.165, 1.54) is 0 Å². The van der Waals surface area contributed by atoms with Gasteiger partial charge in [0.05, 0.1) is 17.8 Å². The van der Waals surface area contributed by atoms with Gasteiger partial charge in [-0.1, -0.05) is 35.3 Å². The summed E-state index contributed by atoms with van der Waals surface area (Å²) in [6, 6.07) is 12.9. The molecule has 1 aromatic heterocycles. The first kappa shape index (κ1) is 24.1. The number of aryl methyl sites for hydroxylation is 2. The second kappa shape index (κ2) is 10.5. The van der Waals surface area contributed by atoms with Crippen LogP contribution in [0.3, 0.4) is 0 Å². The fourth-order valence-electron chi connectivity index (χ4n) is 4.04. The van der Waals surface area contributed by atoms with Crippen molar-refractivity contribution in [3.63, 3.8) is 0 Å². The van der Waals surface area contributed by atoms with E-state index in [0.29, 0.717) is 41.9 Å². The summed E-state index contributed by atoms with van der Waals surface area (Å²) in [5.74, 6) is 2.50. The highest BCUT2D eigenvalue weighted by Crippen LogP contribution is 2.27. The highest BCUT2D eigenvalue weighted by Gasteiger charge is 2.25. The Balaban J connectivity index is 1.46. The summed E-state index contributed by atoms with van der Waals surface area (Å²) in [4.78, 5) is 26.2. The van der Waals surface area contributed by atoms with Crippen molar-refractivity contribution in [2.24, 2.45) is 0 Å². The van der Waals surface area contributed by atoms with Gasteiger partial charge in [0.25, 0.3) is 0 Å². The fourth-order valence-corrected chi connectivity index (χ4v) is 4.50. The maximum Gasteiger partial charge on any atom is 0.322 e. The number of rotatable bonds is 5. The highest BCUT2D eigenvalue weighted by atomic mass is 35.5. The Morgan fingerprint density at radius 2 is 1.74 bits per heavy atom. The summed E-state index contributed by atoms with van der Waals surface area (Å²) in [5, 5.41) is 3.81. The molecule has 1 N–H and O–H groups in total. The number of methoxy groups -OCH3 is 1. The van der Waals surface area contributed by atoms with E-state index in [9.17, 15) is 4.79 Å². The molecule has 1 saturated heterocycles. The molecule has 2 heterocycles. The molecule has 0 radical (unpaired) electrons. The van der Waals surface area contributed by atoms with Crippen LogP contribution in [0, 0.1) is 13.8 Å². The minimum Gasteiger partial charge on any atom is -0.497 e. The van der Waals surface area contributed by atoms with Crippen LogP contribution in [0.4, 0.5) is 16.3 Å². The smallest absolute Gasteiger partial charge is 0.322 e. The molecule has 0 unspecified atom stereocenters. The second-order valence-electron chi connectivity index (χ2n) is 8.21. The van der Waals surface area contributed by atoms with E-state index in [2.05, 4.69) is 27.3 Å². The van der Waals surface area contributed by atoms with Crippen molar-refractivity contribution < 1.29 is 9.53 Å². The molecule has 0 bridgehead atoms. The molecular weight excluding hydrogens is 473 g/mol. The Morgan fingerprint density at radius 3 is 2.38 bits per heavy atom. The lowest BCUT2D eigenvalue weighted by Crippen LogP contribution is -2.50. The van der Waals surface area contributed by atoms with Gasteiger partial charge in [-0.3, -0.25) is 0 Å². The van der Waals surface area contributed by atoms with Crippen LogP contribution in [-0.2, 0) is 6.42 Å². The van der Waals surface area contributed by atoms with Crippen molar-refractivity contribution in [1.82, 2.24) is 14.9 Å². The monoisotopic (exact) mass is 499 g/mol. The van der Waals surface area contributed by atoms with E-state index in [-0.39, 0.29) is 6.03 Å². The van der Waals surface area contributed by atoms with Crippen molar-refractivity contribution in [1.29, 1.82) is 0 Å². The van der Waals surface area contributed by atoms with Gasteiger partial charge in [0.2, 0.25) is 0 Å². The number of carbonyl (C=O) groups excluding carboxylic acids is 1. The van der Waals surface area contributed by atoms with Gasteiger partial charge in [-0.05, 0) is 49.7 Å². The molecule has 3 aromatic rings. The van der Waals surface area contributed by atoms with Crippen LogP contribution in [0.2, 0.25) is 10.0 Å². The number of halogens is 2. The van der Waals surface area contributed by atoms with Crippen LogP contribution in [0.1, 0.15) is 22.6 Å². The third-order valence-electron chi connectivity index (χ3n) is 5.88. The Kier molecular flexibility index (Phi) is 7.44. The fraction of sp³-hybridized carbons (Fsp3) is 0.320. The number of urea groups is 1. The van der Waals surface area contributed by atoms with Gasteiger partial charge >= 0.3 is 6.03 Å². The van der Waals surface area contributed by atoms with Crippen LogP contribution in [0.5, 0.6) is 5.75 Å². The van der Waals surface area contributed by atoms with E-state index in [1.807, 2.05) is 26.0 Å². The average Bonchev–Trinajstić information content (AvgIpc) is 2.83. The van der Waals surface area contributed by atoms with Gasteiger partial charge in [0.15, 0.2) is 0 Å². The molecule has 1 aliphatic rings. The minimum atomic E-state index is -0.183. The van der Waals surface area contributed by atoms with Gasteiger partial charge in [0.1, 0.15) is 17.4 Å². The first-order chi connectivity index (χ1) is 16.3. The van der Waals surface area contributed by atoms with Crippen LogP contribution in [0.15, 0.2) is 42.5 Å². The van der Waals surface area contributed by atoms with Crippen molar-refractivity contribution in [2.75, 3.05) is 43.5 Å². The molecule has 0 saturated carbocycles. The zero-order chi connectivity index (χ0) is 24.2. The topological polar surface area (TPSA) is 70.6 Å². The summed E-state index contributed by atoms with van der Waals surface area (Å²) in [5.41, 5.74) is 3.77. The van der Waals surface area contributed by atoms with Crippen LogP contribution in [0.25, 0.3) is 0 Å². The molecule has 34 heavy (non-hydrogen) atoms. The number of amides is 2. The minimum absolute atomic E-state index is 0.183. The maximum absolute atomic E-state index is 12.8. The molecule has 0 spiro atoms. The Bertz CT molecular complexity index is 1180. The van der Waals surface area contributed by atoms with Gasteiger partial charge in [-0.25, -0.2) is 14.8 Å². The lowest BCUT2D eigenvalue weighted by molar-refractivity contribution is 0.208. The van der Waals surface area contributed by atoms with Crippen LogP contribution < -0.4 is 15.0 Å². The van der Waals surface area contributed by atoms with E-state index >= 15 is 0 Å². The van der Waals surface area contributed by atoms with E-state index in [0.717, 1.165) is 40.6 Å². The second-order valence-corrected chi connectivity index (χ2v) is 9.06. The molecule has 7 nitrogen and oxygen atoms in total. The van der Waals surface area contributed by atoms with Crippen LogP contribution in [-0.4, -0.2) is 54.2 Å². The number of anilines is 2. The predicted octanol–water partition coefficient (Wildman–Crippen LogP) is 5.35. The first-order valence-corrected chi connectivity index (χ1v) is 11.8. The predicted molar refractivity (Wildman–Crippen MR) is 137 cm³/mol. The molecule has 1 aliphatic heterocycles. The molecule has 9 heteroatoms. The number of carbonyl (C=O) groups is 1. The van der Waals surface area contributed by atoms with Crippen molar-refractivity contribution >= 4 is 40.7 Å². The first-order valence-electron chi connectivity index (χ1n) is 11.1. The molecule has 2 aromatic carbocycles. The standard InChI is InChI=1S/C25H27Cl2N5O2/c1-16-21(14-18-4-7-20(34-3)8-5-18)24(29-17(2)28-16)31-10-12-32(13-11-31)25(33)30-23-9-6-19(26)15-22(23)27/h4-9,15H,10-14H2,1-3H3,(H,30,33). The molecule has 4 rings (SSSR count). The third-order valence-corrected chi connectivity index (χ3v) is 6.43. The Morgan fingerprint density at radius 1 is 1.03 bits per heavy atom. The number of hydrogen-bond acceptors (Lipinski definition) is 5. The summed E-state index contributed by atoms with van der Waals surface area (Å²) in [6.07, 6.45) is 0.723. The van der Waals surface area contributed by atoms with E-state index in [4.69, 9.17) is 32.9 Å². The van der Waals surface area contributed by atoms with Gasteiger partial charge in [-0.15, -0.1) is 0 Å². The van der Waals surface area contributed by atoms with Gasteiger partial charge in [0, 0.05) is 48.9 Å². The number of benzene rings is 2. The molecule has 0 atom stereocenters. The van der Waals surface area contributed by atoms with Gasteiger partial charge in [-0.2, -0.15) is 0 Å². The number of ether oxygens (including phenoxy) is 1. The Labute approximate surface area is 209 Å². The lowest BCUT2D eigenvalue weighted by Gasteiger charge is -2.36. The SMILES string of the molecule is COc1ccc(Cc2c(C)nc(C)nc2N2CCN(C(=O)Nc3ccc(Cl)cc3Cl)CC2)cc1. The summed E-state index contributed by atoms with van der Waals surface area (Å²) in [7, 11) is 1.66. The highest BCUT2D eigenvalue weighted by molar-refractivity contribution is 6.36. The van der Waals surface area contributed by atoms with E-state index < -0.39 is 0 Å².